The van der Waals surface area contributed by atoms with Crippen LogP contribution in [0.5, 0.6) is 0 Å². The van der Waals surface area contributed by atoms with Gasteiger partial charge in [0.25, 0.3) is 11.1 Å². The topological polar surface area (TPSA) is 95.7 Å². The third-order valence-electron chi connectivity index (χ3n) is 2.84. The zero-order valence-electron chi connectivity index (χ0n) is 12.5. The van der Waals surface area contributed by atoms with Crippen LogP contribution >= 0.6 is 11.8 Å². The van der Waals surface area contributed by atoms with Crippen LogP contribution in [0.1, 0.15) is 31.3 Å². The smallest absolute Gasteiger partial charge is 0.277 e. The van der Waals surface area contributed by atoms with Crippen LogP contribution in [0.2, 0.25) is 0 Å². The maximum Gasteiger partial charge on any atom is 0.277 e. The van der Waals surface area contributed by atoms with Crippen LogP contribution in [-0.4, -0.2) is 21.9 Å². The predicted molar refractivity (Wildman–Crippen MR) is 80.8 cm³/mol. The monoisotopic (exact) mass is 342 g/mol. The van der Waals surface area contributed by atoms with Crippen LogP contribution in [0, 0.1) is 0 Å². The molecule has 2 rings (SSSR count). The average Bonchev–Trinajstić information content (AvgIpc) is 2.95. The number of nitrogens with zero attached hydrogens (tertiary/aromatic N) is 2. The number of carbonyl (C=O) groups excluding carboxylic acids is 1. The zero-order valence-corrected chi connectivity index (χ0v) is 14.1. The van der Waals surface area contributed by atoms with Gasteiger partial charge < -0.3 is 27.9 Å². The first-order chi connectivity index (χ1) is 10.1. The second-order valence-electron chi connectivity index (χ2n) is 4.65. The van der Waals surface area contributed by atoms with Crippen molar-refractivity contribution in [2.45, 2.75) is 31.5 Å². The van der Waals surface area contributed by atoms with Crippen molar-refractivity contribution in [2.24, 2.45) is 0 Å². The number of para-hydroxylation sites is 1. The van der Waals surface area contributed by atoms with Gasteiger partial charge in [0, 0.05) is 5.69 Å². The largest absolute Gasteiger partial charge is 1.00 e. The molecule has 1 aromatic heterocycles. The van der Waals surface area contributed by atoms with Crippen molar-refractivity contribution < 1.29 is 27.4 Å². The first-order valence-corrected chi connectivity index (χ1v) is 7.75. The van der Waals surface area contributed by atoms with E-state index >= 15 is 0 Å². The zero-order chi connectivity index (χ0) is 15.2. The first kappa shape index (κ1) is 18.5. The highest BCUT2D eigenvalue weighted by Gasteiger charge is 2.14. The molecule has 0 saturated heterocycles. The van der Waals surface area contributed by atoms with Crippen LogP contribution < -0.4 is 23.5 Å². The number of halogens is 1. The summed E-state index contributed by atoms with van der Waals surface area (Å²) in [5.74, 6) is 0.614. The minimum Gasteiger partial charge on any atom is -1.00 e. The van der Waals surface area contributed by atoms with Crippen LogP contribution in [0.15, 0.2) is 33.9 Å². The lowest BCUT2D eigenvalue weighted by molar-refractivity contribution is -0.425. The Kier molecular flexibility index (Phi) is 7.37. The molecule has 0 spiro atoms. The van der Waals surface area contributed by atoms with Crippen molar-refractivity contribution in [3.63, 3.8) is 0 Å². The lowest BCUT2D eigenvalue weighted by Gasteiger charge is -2.08. The third kappa shape index (κ3) is 5.01. The normalized spacial score (nSPS) is 11.6. The maximum absolute atomic E-state index is 12.0. The number of hydrogen-bond donors (Lipinski definition) is 2. The number of rotatable bonds is 6. The van der Waals surface area contributed by atoms with Gasteiger partial charge in [0.2, 0.25) is 5.91 Å². The number of carbonyl (C=O) groups is 1. The summed E-state index contributed by atoms with van der Waals surface area (Å²) in [7, 11) is 0. The minimum atomic E-state index is -0.0941. The van der Waals surface area contributed by atoms with Gasteiger partial charge >= 0.3 is 0 Å². The number of hydrogen-bond acceptors (Lipinski definition) is 5. The highest BCUT2D eigenvalue weighted by atomic mass is 35.5. The first-order valence-electron chi connectivity index (χ1n) is 6.77. The van der Waals surface area contributed by atoms with Gasteiger partial charge in [-0.25, -0.2) is 0 Å². The fourth-order valence-electron chi connectivity index (χ4n) is 1.74. The Morgan fingerprint density at radius 2 is 2.14 bits per heavy atom. The Labute approximate surface area is 139 Å². The molecule has 0 fully saturated rings. The molecule has 0 unspecified atom stereocenters. The van der Waals surface area contributed by atoms with Crippen molar-refractivity contribution in [2.75, 3.05) is 11.1 Å². The summed E-state index contributed by atoms with van der Waals surface area (Å²) < 4.78 is 5.39. The summed E-state index contributed by atoms with van der Waals surface area (Å²) in [6, 6.07) is 7.71. The van der Waals surface area contributed by atoms with Crippen molar-refractivity contribution in [3.05, 3.63) is 35.7 Å². The van der Waals surface area contributed by atoms with E-state index in [0.717, 1.165) is 17.7 Å². The summed E-state index contributed by atoms with van der Waals surface area (Å²) in [6.45, 7) is 3.93. The van der Waals surface area contributed by atoms with Gasteiger partial charge in [-0.05, 0) is 25.0 Å². The number of amides is 1. The Balaban J connectivity index is 0.00000242. The summed E-state index contributed by atoms with van der Waals surface area (Å²) in [5.41, 5.74) is 5.77. The summed E-state index contributed by atoms with van der Waals surface area (Å²) in [6.07, 6.45) is 0.873. The molecule has 6 nitrogen and oxygen atoms in total. The number of anilines is 1. The van der Waals surface area contributed by atoms with Crippen molar-refractivity contribution in [3.8, 4) is 0 Å². The maximum atomic E-state index is 12.0. The summed E-state index contributed by atoms with van der Waals surface area (Å²) in [5, 5.41) is 11.0. The van der Waals surface area contributed by atoms with Crippen LogP contribution in [0.25, 0.3) is 0 Å². The van der Waals surface area contributed by atoms with Crippen LogP contribution in [0.3, 0.4) is 0 Å². The molecular formula is C14H19ClN4O2S. The molecule has 22 heavy (non-hydrogen) atoms. The van der Waals surface area contributed by atoms with Gasteiger partial charge in [-0.3, -0.25) is 4.79 Å². The van der Waals surface area contributed by atoms with E-state index in [1.165, 1.54) is 11.8 Å². The number of nitrogens with one attached hydrogen (secondary N) is 1. The summed E-state index contributed by atoms with van der Waals surface area (Å²) >= 11 is 1.22. The Hall–Kier alpha value is -1.57. The van der Waals surface area contributed by atoms with E-state index in [1.54, 1.807) is 0 Å². The molecule has 0 aliphatic carbocycles. The molecule has 0 radical (unpaired) electrons. The van der Waals surface area contributed by atoms with E-state index in [0.29, 0.717) is 11.1 Å². The predicted octanol–water partition coefficient (Wildman–Crippen LogP) is -1.33. The molecular weight excluding hydrogens is 324 g/mol. The number of thioether (sulfide) groups is 1. The third-order valence-corrected chi connectivity index (χ3v) is 3.66. The Morgan fingerprint density at radius 3 is 2.77 bits per heavy atom. The number of quaternary nitrogens is 1. The van der Waals surface area contributed by atoms with E-state index in [2.05, 4.69) is 28.2 Å². The second-order valence-corrected chi connectivity index (χ2v) is 5.58. The highest BCUT2D eigenvalue weighted by molar-refractivity contribution is 7.99. The van der Waals surface area contributed by atoms with E-state index in [9.17, 15) is 4.79 Å². The van der Waals surface area contributed by atoms with Crippen molar-refractivity contribution in [1.29, 1.82) is 0 Å². The molecule has 1 heterocycles. The fourth-order valence-corrected chi connectivity index (χ4v) is 2.31. The number of aromatic nitrogens is 2. The van der Waals surface area contributed by atoms with Gasteiger partial charge in [-0.1, -0.05) is 36.9 Å². The lowest BCUT2D eigenvalue weighted by Crippen LogP contribution is -3.00. The van der Waals surface area contributed by atoms with Gasteiger partial charge in [-0.2, -0.15) is 0 Å². The molecule has 8 heteroatoms. The van der Waals surface area contributed by atoms with E-state index in [-0.39, 0.29) is 30.1 Å². The fraction of sp³-hybridized carbons (Fsp3) is 0.357. The highest BCUT2D eigenvalue weighted by Crippen LogP contribution is 2.19. The molecule has 1 atom stereocenters. The van der Waals surface area contributed by atoms with Crippen molar-refractivity contribution >= 4 is 23.4 Å². The Bertz CT molecular complexity index is 618. The minimum absolute atomic E-state index is 0. The quantitative estimate of drug-likeness (QED) is 0.634. The average molecular weight is 343 g/mol. The van der Waals surface area contributed by atoms with Gasteiger partial charge in [0.05, 0.1) is 5.75 Å². The SMILES string of the molecule is CCc1ccccc1NC(=O)CSc1nnc([C@H](C)[NH3+])o1.[Cl-]. The molecule has 0 saturated carbocycles. The molecule has 4 N–H and O–H groups in total. The molecule has 0 bridgehead atoms. The molecule has 1 amide bonds. The molecule has 0 aliphatic rings. The molecule has 1 aromatic carbocycles. The molecule has 120 valence electrons. The van der Waals surface area contributed by atoms with E-state index < -0.39 is 0 Å². The Morgan fingerprint density at radius 1 is 1.41 bits per heavy atom. The van der Waals surface area contributed by atoms with Gasteiger partial charge in [0.1, 0.15) is 0 Å². The van der Waals surface area contributed by atoms with E-state index in [1.807, 2.05) is 31.2 Å². The van der Waals surface area contributed by atoms with Gasteiger partial charge in [-0.15, -0.1) is 10.2 Å². The van der Waals surface area contributed by atoms with Gasteiger partial charge in [0.15, 0.2) is 6.04 Å². The number of aryl methyl sites for hydroxylation is 1. The van der Waals surface area contributed by atoms with E-state index in [4.69, 9.17) is 4.42 Å². The standard InChI is InChI=1S/C14H18N4O2S.ClH/c1-3-10-6-4-5-7-11(10)16-12(19)8-21-14-18-17-13(20-14)9(2)15;/h4-7,9H,3,8,15H2,1-2H3,(H,16,19);1H/t9-;/m0./s1. The van der Waals surface area contributed by atoms with Crippen LogP contribution in [-0.2, 0) is 11.2 Å². The lowest BCUT2D eigenvalue weighted by atomic mass is 10.1. The van der Waals surface area contributed by atoms with Crippen molar-refractivity contribution in [1.82, 2.24) is 10.2 Å². The molecule has 2 aromatic rings. The number of benzene rings is 1. The van der Waals surface area contributed by atoms with Crippen LogP contribution in [0.4, 0.5) is 5.69 Å². The molecule has 0 aliphatic heterocycles. The summed E-state index contributed by atoms with van der Waals surface area (Å²) in [4.78, 5) is 12.0. The second kappa shape index (κ2) is 8.77.